The van der Waals surface area contributed by atoms with Crippen LogP contribution < -0.4 is 11.1 Å². The summed E-state index contributed by atoms with van der Waals surface area (Å²) < 4.78 is 25.9. The first kappa shape index (κ1) is 14.8. The van der Waals surface area contributed by atoms with Crippen LogP contribution in [0.3, 0.4) is 0 Å². The van der Waals surface area contributed by atoms with Crippen molar-refractivity contribution in [2.75, 3.05) is 0 Å². The van der Waals surface area contributed by atoms with Gasteiger partial charge in [0.05, 0.1) is 0 Å². The molecular weight excluding hydrogens is 254 g/mol. The third-order valence-electron chi connectivity index (χ3n) is 2.33. The van der Waals surface area contributed by atoms with Crippen LogP contribution in [0.2, 0.25) is 0 Å². The second kappa shape index (κ2) is 6.08. The van der Waals surface area contributed by atoms with Crippen molar-refractivity contribution in [3.8, 4) is 0 Å². The minimum absolute atomic E-state index is 0.166. The van der Waals surface area contributed by atoms with E-state index in [1.54, 1.807) is 6.92 Å². The molecule has 3 N–H and O–H groups in total. The van der Waals surface area contributed by atoms with Crippen LogP contribution in [0.15, 0.2) is 30.4 Å². The lowest BCUT2D eigenvalue weighted by Crippen LogP contribution is -2.44. The van der Waals surface area contributed by atoms with E-state index in [0.717, 1.165) is 12.1 Å². The van der Waals surface area contributed by atoms with E-state index in [-0.39, 0.29) is 12.0 Å². The average Bonchev–Trinajstić information content (AvgIpc) is 2.25. The van der Waals surface area contributed by atoms with Gasteiger partial charge in [0.15, 0.2) is 0 Å². The molecule has 4 nitrogen and oxygen atoms in total. The van der Waals surface area contributed by atoms with E-state index in [4.69, 9.17) is 5.73 Å². The number of hydrogen-bond donors (Lipinski definition) is 2. The molecule has 0 saturated carbocycles. The minimum atomic E-state index is -0.962. The molecule has 0 unspecified atom stereocenters. The number of benzene rings is 1. The Balaban J connectivity index is 2.87. The third kappa shape index (κ3) is 4.50. The smallest absolute Gasteiger partial charge is 0.252 e. The Morgan fingerprint density at radius 2 is 1.84 bits per heavy atom. The molecule has 0 heterocycles. The number of rotatable bonds is 5. The monoisotopic (exact) mass is 268 g/mol. The highest BCUT2D eigenvalue weighted by molar-refractivity contribution is 5.97. The first-order valence-corrected chi connectivity index (χ1v) is 5.50. The number of halogens is 2. The molecule has 102 valence electrons. The summed E-state index contributed by atoms with van der Waals surface area (Å²) in [5, 5.41) is 2.31. The van der Waals surface area contributed by atoms with Crippen LogP contribution in [0, 0.1) is 11.6 Å². The summed E-state index contributed by atoms with van der Waals surface area (Å²) in [6.07, 6.45) is 0.166. The van der Waals surface area contributed by atoms with Gasteiger partial charge in [0, 0.05) is 11.6 Å². The van der Waals surface area contributed by atoms with E-state index < -0.39 is 29.5 Å². The van der Waals surface area contributed by atoms with Gasteiger partial charge in [-0.1, -0.05) is 5.57 Å². The maximum atomic E-state index is 13.0. The van der Waals surface area contributed by atoms with Gasteiger partial charge in [-0.15, -0.1) is 6.58 Å². The summed E-state index contributed by atoms with van der Waals surface area (Å²) in [6.45, 7) is 5.28. The largest absolute Gasteiger partial charge is 0.368 e. The van der Waals surface area contributed by atoms with Gasteiger partial charge < -0.3 is 11.1 Å². The van der Waals surface area contributed by atoms with Crippen molar-refractivity contribution < 1.29 is 18.4 Å². The van der Waals surface area contributed by atoms with Crippen LogP contribution in [-0.4, -0.2) is 17.9 Å². The topological polar surface area (TPSA) is 72.2 Å². The number of hydrogen-bond acceptors (Lipinski definition) is 2. The Hall–Kier alpha value is -2.24. The number of carbonyl (C=O) groups is 2. The van der Waals surface area contributed by atoms with Crippen molar-refractivity contribution >= 4 is 11.8 Å². The van der Waals surface area contributed by atoms with E-state index in [2.05, 4.69) is 11.9 Å². The quantitative estimate of drug-likeness (QED) is 0.795. The number of amides is 2. The Morgan fingerprint density at radius 3 is 2.26 bits per heavy atom. The van der Waals surface area contributed by atoms with Crippen molar-refractivity contribution in [3.63, 3.8) is 0 Å². The van der Waals surface area contributed by atoms with Gasteiger partial charge in [0.2, 0.25) is 5.91 Å². The molecular formula is C13H14F2N2O2. The summed E-state index contributed by atoms with van der Waals surface area (Å²) in [4.78, 5) is 22.9. The van der Waals surface area contributed by atoms with E-state index in [1.807, 2.05) is 0 Å². The fraction of sp³-hybridized carbons (Fsp3) is 0.231. The minimum Gasteiger partial charge on any atom is -0.368 e. The van der Waals surface area contributed by atoms with E-state index in [0.29, 0.717) is 11.6 Å². The van der Waals surface area contributed by atoms with Gasteiger partial charge in [0.1, 0.15) is 17.7 Å². The molecule has 1 aromatic rings. The third-order valence-corrected chi connectivity index (χ3v) is 2.33. The highest BCUT2D eigenvalue weighted by atomic mass is 19.1. The van der Waals surface area contributed by atoms with Crippen LogP contribution in [0.1, 0.15) is 23.7 Å². The molecule has 0 aliphatic carbocycles. The maximum Gasteiger partial charge on any atom is 0.252 e. The van der Waals surface area contributed by atoms with Crippen LogP contribution >= 0.6 is 0 Å². The molecule has 1 atom stereocenters. The lowest BCUT2D eigenvalue weighted by atomic mass is 10.1. The summed E-state index contributed by atoms with van der Waals surface area (Å²) in [5.74, 6) is -3.27. The number of primary amides is 1. The van der Waals surface area contributed by atoms with E-state index >= 15 is 0 Å². The zero-order valence-corrected chi connectivity index (χ0v) is 10.4. The fourth-order valence-electron chi connectivity index (χ4n) is 1.50. The summed E-state index contributed by atoms with van der Waals surface area (Å²) >= 11 is 0. The second-order valence-corrected chi connectivity index (χ2v) is 4.25. The Labute approximate surface area is 109 Å². The van der Waals surface area contributed by atoms with Crippen molar-refractivity contribution in [2.24, 2.45) is 5.73 Å². The summed E-state index contributed by atoms with van der Waals surface area (Å²) in [7, 11) is 0. The molecule has 2 amide bonds. The first-order valence-electron chi connectivity index (χ1n) is 5.50. The Morgan fingerprint density at radius 1 is 1.32 bits per heavy atom. The highest BCUT2D eigenvalue weighted by Crippen LogP contribution is 2.09. The first-order chi connectivity index (χ1) is 8.79. The molecule has 6 heteroatoms. The lowest BCUT2D eigenvalue weighted by molar-refractivity contribution is -0.119. The zero-order valence-electron chi connectivity index (χ0n) is 10.4. The molecule has 0 spiro atoms. The number of carbonyl (C=O) groups excluding carboxylic acids is 2. The van der Waals surface area contributed by atoms with Crippen LogP contribution in [-0.2, 0) is 4.79 Å². The summed E-state index contributed by atoms with van der Waals surface area (Å²) in [5.41, 5.74) is 5.56. The Kier molecular flexibility index (Phi) is 4.74. The number of nitrogens with two attached hydrogens (primary N) is 1. The van der Waals surface area contributed by atoms with Crippen LogP contribution in [0.4, 0.5) is 8.78 Å². The average molecular weight is 268 g/mol. The molecule has 0 bridgehead atoms. The van der Waals surface area contributed by atoms with Gasteiger partial charge in [-0.3, -0.25) is 9.59 Å². The van der Waals surface area contributed by atoms with Gasteiger partial charge >= 0.3 is 0 Å². The molecule has 1 aromatic carbocycles. The molecule has 0 radical (unpaired) electrons. The second-order valence-electron chi connectivity index (χ2n) is 4.25. The fourth-order valence-corrected chi connectivity index (χ4v) is 1.50. The number of nitrogens with one attached hydrogen (secondary N) is 1. The van der Waals surface area contributed by atoms with Crippen LogP contribution in [0.5, 0.6) is 0 Å². The molecule has 0 aliphatic heterocycles. The molecule has 0 aromatic heterocycles. The molecule has 0 saturated heterocycles. The lowest BCUT2D eigenvalue weighted by Gasteiger charge is -2.15. The SMILES string of the molecule is C=C(C)C[C@@H](NC(=O)c1cc(F)cc(F)c1)C(N)=O. The molecule has 0 aliphatic rings. The molecule has 19 heavy (non-hydrogen) atoms. The molecule has 1 rings (SSSR count). The predicted molar refractivity (Wildman–Crippen MR) is 66.2 cm³/mol. The van der Waals surface area contributed by atoms with Crippen molar-refractivity contribution in [1.29, 1.82) is 0 Å². The zero-order chi connectivity index (χ0) is 14.6. The van der Waals surface area contributed by atoms with Gasteiger partial charge in [-0.2, -0.15) is 0 Å². The van der Waals surface area contributed by atoms with Gasteiger partial charge in [0.25, 0.3) is 5.91 Å². The molecule has 0 fully saturated rings. The van der Waals surface area contributed by atoms with Crippen molar-refractivity contribution in [3.05, 3.63) is 47.5 Å². The maximum absolute atomic E-state index is 13.0. The Bertz CT molecular complexity index is 509. The van der Waals surface area contributed by atoms with Crippen molar-refractivity contribution in [2.45, 2.75) is 19.4 Å². The van der Waals surface area contributed by atoms with Gasteiger partial charge in [-0.25, -0.2) is 8.78 Å². The highest BCUT2D eigenvalue weighted by Gasteiger charge is 2.19. The van der Waals surface area contributed by atoms with E-state index in [1.165, 1.54) is 0 Å². The standard InChI is InChI=1S/C13H14F2N2O2/c1-7(2)3-11(12(16)18)17-13(19)8-4-9(14)6-10(15)5-8/h4-6,11H,1,3H2,2H3,(H2,16,18)(H,17,19)/t11-/m1/s1. The predicted octanol–water partition coefficient (Wildman–Crippen LogP) is 1.51. The van der Waals surface area contributed by atoms with Crippen LogP contribution in [0.25, 0.3) is 0 Å². The summed E-state index contributed by atoms with van der Waals surface area (Å²) in [6, 6.07) is 1.43. The normalized spacial score (nSPS) is 11.7. The van der Waals surface area contributed by atoms with Crippen molar-refractivity contribution in [1.82, 2.24) is 5.32 Å². The van der Waals surface area contributed by atoms with E-state index in [9.17, 15) is 18.4 Å². The van der Waals surface area contributed by atoms with Gasteiger partial charge in [-0.05, 0) is 25.5 Å².